The highest BCUT2D eigenvalue weighted by atomic mass is 16.4. The van der Waals surface area contributed by atoms with Crippen LogP contribution in [0.4, 0.5) is 0 Å². The number of carboxylic acids is 2. The number of nitrogens with one attached hydrogen (secondary N) is 1. The summed E-state index contributed by atoms with van der Waals surface area (Å²) in [5.74, 6) is -3.65. The third-order valence-corrected chi connectivity index (χ3v) is 4.85. The second-order valence-electron chi connectivity index (χ2n) is 6.88. The molecule has 8 nitrogen and oxygen atoms in total. The van der Waals surface area contributed by atoms with Crippen molar-refractivity contribution in [1.82, 2.24) is 19.8 Å². The summed E-state index contributed by atoms with van der Waals surface area (Å²) in [6.45, 7) is 6.54. The molecular weight excluding hydrogens is 372 g/mol. The zero-order valence-electron chi connectivity index (χ0n) is 16.0. The van der Waals surface area contributed by atoms with E-state index in [1.165, 1.54) is 22.0 Å². The normalized spacial score (nSPS) is 14.9. The van der Waals surface area contributed by atoms with Crippen LogP contribution in [-0.2, 0) is 22.7 Å². The fourth-order valence-corrected chi connectivity index (χ4v) is 3.36. The van der Waals surface area contributed by atoms with Crippen LogP contribution in [0.2, 0.25) is 0 Å². The first-order valence-corrected chi connectivity index (χ1v) is 9.38. The second kappa shape index (κ2) is 9.81. The lowest BCUT2D eigenvalue weighted by Crippen LogP contribution is -2.45. The summed E-state index contributed by atoms with van der Waals surface area (Å²) in [5, 5.41) is 16.1. The number of para-hydroxylation sites is 1. The average Bonchev–Trinajstić information content (AvgIpc) is 3.14. The number of benzene rings is 1. The van der Waals surface area contributed by atoms with E-state index in [-0.39, 0.29) is 0 Å². The maximum absolute atomic E-state index is 9.10. The number of aromatic nitrogens is 2. The van der Waals surface area contributed by atoms with E-state index in [1.807, 2.05) is 18.5 Å². The van der Waals surface area contributed by atoms with Crippen molar-refractivity contribution in [3.63, 3.8) is 0 Å². The van der Waals surface area contributed by atoms with Gasteiger partial charge in [0.2, 0.25) is 0 Å². The van der Waals surface area contributed by atoms with Gasteiger partial charge in [0.05, 0.1) is 0 Å². The number of H-pyrrole nitrogens is 1. The van der Waals surface area contributed by atoms with Gasteiger partial charge in [0.25, 0.3) is 0 Å². The number of fused-ring (bicyclic) bond motifs is 1. The molecule has 0 saturated carbocycles. The van der Waals surface area contributed by atoms with Crippen molar-refractivity contribution in [2.24, 2.45) is 0 Å². The first-order valence-electron chi connectivity index (χ1n) is 9.38. The summed E-state index contributed by atoms with van der Waals surface area (Å²) in [4.78, 5) is 30.8. The molecule has 29 heavy (non-hydrogen) atoms. The highest BCUT2D eigenvalue weighted by Gasteiger charge is 2.18. The van der Waals surface area contributed by atoms with Gasteiger partial charge in [0.15, 0.2) is 0 Å². The lowest BCUT2D eigenvalue weighted by Gasteiger charge is -2.34. The van der Waals surface area contributed by atoms with Crippen molar-refractivity contribution in [3.8, 4) is 0 Å². The summed E-state index contributed by atoms with van der Waals surface area (Å²) in [7, 11) is 0. The number of pyridine rings is 1. The standard InChI is InChI=1S/C19H22N4.C2H2O4/c1-2-6-19-18(5-1)17(13-21-19)15-23-10-8-22(9-11-23)14-16-4-3-7-20-12-16;3-1(4)2(5)6/h1-7,12-13,21H,8-11,14-15H2;(H,3,4)(H,5,6). The van der Waals surface area contributed by atoms with E-state index >= 15 is 0 Å². The maximum atomic E-state index is 9.10. The number of piperazine rings is 1. The summed E-state index contributed by atoms with van der Waals surface area (Å²) < 4.78 is 0. The number of carbonyl (C=O) groups is 2. The predicted molar refractivity (Wildman–Crippen MR) is 108 cm³/mol. The SMILES string of the molecule is O=C(O)C(=O)O.c1cncc(CN2CCN(Cc3c[nH]c4ccccc34)CC2)c1. The van der Waals surface area contributed by atoms with E-state index in [4.69, 9.17) is 19.8 Å². The molecule has 4 rings (SSSR count). The van der Waals surface area contributed by atoms with Crippen molar-refractivity contribution in [3.05, 3.63) is 66.1 Å². The zero-order valence-corrected chi connectivity index (χ0v) is 16.0. The molecule has 3 N–H and O–H groups in total. The van der Waals surface area contributed by atoms with Gasteiger partial charge in [-0.25, -0.2) is 9.59 Å². The third-order valence-electron chi connectivity index (χ3n) is 4.85. The Morgan fingerprint density at radius 2 is 1.59 bits per heavy atom. The molecule has 8 heteroatoms. The number of aromatic amines is 1. The van der Waals surface area contributed by atoms with Gasteiger partial charge in [0, 0.05) is 68.8 Å². The molecule has 1 fully saturated rings. The summed E-state index contributed by atoms with van der Waals surface area (Å²) >= 11 is 0. The molecule has 1 saturated heterocycles. The molecule has 0 radical (unpaired) electrons. The fourth-order valence-electron chi connectivity index (χ4n) is 3.36. The minimum Gasteiger partial charge on any atom is -0.473 e. The monoisotopic (exact) mass is 396 g/mol. The number of hydrogen-bond donors (Lipinski definition) is 3. The lowest BCUT2D eigenvalue weighted by molar-refractivity contribution is -0.159. The molecule has 2 aromatic heterocycles. The highest BCUT2D eigenvalue weighted by molar-refractivity contribution is 6.27. The van der Waals surface area contributed by atoms with Crippen molar-refractivity contribution >= 4 is 22.8 Å². The molecule has 0 spiro atoms. The minimum atomic E-state index is -1.82. The van der Waals surface area contributed by atoms with Crippen LogP contribution >= 0.6 is 0 Å². The molecule has 0 amide bonds. The smallest absolute Gasteiger partial charge is 0.414 e. The number of rotatable bonds is 4. The van der Waals surface area contributed by atoms with E-state index in [0.29, 0.717) is 0 Å². The van der Waals surface area contributed by atoms with Crippen molar-refractivity contribution in [2.45, 2.75) is 13.1 Å². The number of nitrogens with zero attached hydrogens (tertiary/aromatic N) is 3. The van der Waals surface area contributed by atoms with E-state index in [0.717, 1.165) is 39.3 Å². The predicted octanol–water partition coefficient (Wildman–Crippen LogP) is 2.04. The third kappa shape index (κ3) is 5.87. The Hall–Kier alpha value is -3.23. The van der Waals surface area contributed by atoms with Crippen LogP contribution in [0.3, 0.4) is 0 Å². The largest absolute Gasteiger partial charge is 0.473 e. The average molecular weight is 396 g/mol. The van der Waals surface area contributed by atoms with Gasteiger partial charge in [-0.3, -0.25) is 14.8 Å². The van der Waals surface area contributed by atoms with Crippen molar-refractivity contribution < 1.29 is 19.8 Å². The molecule has 3 aromatic rings. The van der Waals surface area contributed by atoms with Crippen LogP contribution in [-0.4, -0.2) is 68.1 Å². The zero-order chi connectivity index (χ0) is 20.6. The van der Waals surface area contributed by atoms with E-state index in [9.17, 15) is 0 Å². The Labute approximate surface area is 168 Å². The van der Waals surface area contributed by atoms with Gasteiger partial charge in [-0.05, 0) is 23.3 Å². The Balaban J connectivity index is 0.000000353. The van der Waals surface area contributed by atoms with Crippen LogP contribution in [0.25, 0.3) is 10.9 Å². The Morgan fingerprint density at radius 3 is 2.21 bits per heavy atom. The first-order chi connectivity index (χ1) is 14.0. The van der Waals surface area contributed by atoms with E-state index in [2.05, 4.69) is 56.3 Å². The second-order valence-corrected chi connectivity index (χ2v) is 6.88. The van der Waals surface area contributed by atoms with Crippen molar-refractivity contribution in [1.29, 1.82) is 0 Å². The molecule has 152 valence electrons. The van der Waals surface area contributed by atoms with Crippen LogP contribution in [0, 0.1) is 0 Å². The Morgan fingerprint density at radius 1 is 0.931 bits per heavy atom. The Bertz CT molecular complexity index is 937. The van der Waals surface area contributed by atoms with Crippen LogP contribution in [0.5, 0.6) is 0 Å². The van der Waals surface area contributed by atoms with E-state index in [1.54, 1.807) is 0 Å². The quantitative estimate of drug-likeness (QED) is 0.579. The van der Waals surface area contributed by atoms with Gasteiger partial charge >= 0.3 is 11.9 Å². The molecule has 0 atom stereocenters. The van der Waals surface area contributed by atoms with Gasteiger partial charge in [0.1, 0.15) is 0 Å². The molecule has 0 aliphatic carbocycles. The van der Waals surface area contributed by atoms with Gasteiger partial charge in [-0.2, -0.15) is 0 Å². The first kappa shape index (κ1) is 20.5. The number of hydrogen-bond acceptors (Lipinski definition) is 5. The van der Waals surface area contributed by atoms with Crippen molar-refractivity contribution in [2.75, 3.05) is 26.2 Å². The molecule has 1 aromatic carbocycles. The molecule has 0 bridgehead atoms. The summed E-state index contributed by atoms with van der Waals surface area (Å²) in [6, 6.07) is 12.7. The summed E-state index contributed by atoms with van der Waals surface area (Å²) in [5.41, 5.74) is 3.94. The van der Waals surface area contributed by atoms with Gasteiger partial charge in [-0.1, -0.05) is 24.3 Å². The van der Waals surface area contributed by atoms with Crippen LogP contribution in [0.1, 0.15) is 11.1 Å². The Kier molecular flexibility index (Phi) is 6.94. The molecule has 3 heterocycles. The molecule has 1 aliphatic heterocycles. The van der Waals surface area contributed by atoms with Gasteiger partial charge in [-0.15, -0.1) is 0 Å². The van der Waals surface area contributed by atoms with E-state index < -0.39 is 11.9 Å². The van der Waals surface area contributed by atoms with Crippen LogP contribution in [0.15, 0.2) is 55.0 Å². The maximum Gasteiger partial charge on any atom is 0.414 e. The van der Waals surface area contributed by atoms with Crippen LogP contribution < -0.4 is 0 Å². The fraction of sp³-hybridized carbons (Fsp3) is 0.286. The molecule has 1 aliphatic rings. The lowest BCUT2D eigenvalue weighted by atomic mass is 10.1. The number of aliphatic carboxylic acids is 2. The highest BCUT2D eigenvalue weighted by Crippen LogP contribution is 2.20. The molecule has 0 unspecified atom stereocenters. The van der Waals surface area contributed by atoms with Gasteiger partial charge < -0.3 is 15.2 Å². The minimum absolute atomic E-state index is 1.01. The molecular formula is C21H24N4O4. The number of carboxylic acid groups (broad SMARTS) is 2. The summed E-state index contributed by atoms with van der Waals surface area (Å²) in [6.07, 6.45) is 5.97. The topological polar surface area (TPSA) is 110 Å².